The molecule has 0 bridgehead atoms. The van der Waals surface area contributed by atoms with Crippen molar-refractivity contribution < 1.29 is 9.72 Å². The highest BCUT2D eigenvalue weighted by atomic mass is 16.6. The van der Waals surface area contributed by atoms with Gasteiger partial charge in [0.25, 0.3) is 11.6 Å². The van der Waals surface area contributed by atoms with Crippen molar-refractivity contribution in [3.8, 4) is 11.1 Å². The van der Waals surface area contributed by atoms with Crippen molar-refractivity contribution in [2.75, 3.05) is 0 Å². The topological polar surface area (TPSA) is 91.2 Å². The second-order valence-corrected chi connectivity index (χ2v) is 4.97. The molecular formula is C16H13N3O3. The first-order valence-corrected chi connectivity index (χ1v) is 6.62. The lowest BCUT2D eigenvalue weighted by atomic mass is 10.0. The fourth-order valence-electron chi connectivity index (χ4n) is 2.72. The zero-order chi connectivity index (χ0) is 15.9. The average molecular weight is 295 g/mol. The highest BCUT2D eigenvalue weighted by molar-refractivity contribution is 6.09. The maximum absolute atomic E-state index is 11.9. The van der Waals surface area contributed by atoms with E-state index in [1.165, 1.54) is 12.1 Å². The van der Waals surface area contributed by atoms with Gasteiger partial charge >= 0.3 is 0 Å². The number of aromatic nitrogens is 1. The second-order valence-electron chi connectivity index (χ2n) is 4.97. The lowest BCUT2D eigenvalue weighted by Gasteiger charge is -2.04. The summed E-state index contributed by atoms with van der Waals surface area (Å²) in [4.78, 5) is 22.2. The molecule has 0 atom stereocenters. The number of nitrogens with zero attached hydrogens (tertiary/aromatic N) is 2. The summed E-state index contributed by atoms with van der Waals surface area (Å²) in [5.41, 5.74) is 8.21. The molecule has 3 aromatic rings. The van der Waals surface area contributed by atoms with E-state index < -0.39 is 10.8 Å². The van der Waals surface area contributed by atoms with Gasteiger partial charge < -0.3 is 10.3 Å². The van der Waals surface area contributed by atoms with Crippen molar-refractivity contribution in [2.24, 2.45) is 12.8 Å². The van der Waals surface area contributed by atoms with Gasteiger partial charge in [-0.3, -0.25) is 14.9 Å². The number of carbonyl (C=O) groups is 1. The van der Waals surface area contributed by atoms with Crippen LogP contribution in [0.4, 0.5) is 5.69 Å². The Hall–Kier alpha value is -3.15. The van der Waals surface area contributed by atoms with E-state index >= 15 is 0 Å². The van der Waals surface area contributed by atoms with Crippen LogP contribution in [-0.4, -0.2) is 15.4 Å². The van der Waals surface area contributed by atoms with Crippen LogP contribution in [0.3, 0.4) is 0 Å². The molecular weight excluding hydrogens is 282 g/mol. The number of nitro benzene ring substituents is 1. The predicted octanol–water partition coefficient (Wildman–Crippen LogP) is 2.85. The molecule has 0 radical (unpaired) electrons. The van der Waals surface area contributed by atoms with Crippen LogP contribution in [0.15, 0.2) is 48.5 Å². The number of benzene rings is 2. The Labute approximate surface area is 125 Å². The SMILES string of the molecule is Cn1c(C(N)=O)c(-c2ccc([N+](=O)[O-])cc2)c2ccccc21. The molecule has 2 aromatic carbocycles. The Bertz CT molecular complexity index is 895. The number of hydrogen-bond donors (Lipinski definition) is 1. The van der Waals surface area contributed by atoms with Crippen molar-refractivity contribution >= 4 is 22.5 Å². The first-order valence-electron chi connectivity index (χ1n) is 6.62. The predicted molar refractivity (Wildman–Crippen MR) is 83.5 cm³/mol. The monoisotopic (exact) mass is 295 g/mol. The lowest BCUT2D eigenvalue weighted by molar-refractivity contribution is -0.384. The van der Waals surface area contributed by atoms with E-state index in [-0.39, 0.29) is 5.69 Å². The number of primary amides is 1. The van der Waals surface area contributed by atoms with E-state index in [0.29, 0.717) is 11.3 Å². The quantitative estimate of drug-likeness (QED) is 0.595. The number of carbonyl (C=O) groups excluding carboxylic acids is 1. The van der Waals surface area contributed by atoms with Crippen molar-refractivity contribution in [1.82, 2.24) is 4.57 Å². The van der Waals surface area contributed by atoms with E-state index in [0.717, 1.165) is 16.5 Å². The number of non-ortho nitro benzene ring substituents is 1. The molecule has 0 aliphatic heterocycles. The number of rotatable bonds is 3. The zero-order valence-electron chi connectivity index (χ0n) is 11.8. The first-order chi connectivity index (χ1) is 10.5. The van der Waals surface area contributed by atoms with Gasteiger partial charge in [0.05, 0.1) is 4.92 Å². The van der Waals surface area contributed by atoms with Gasteiger partial charge in [-0.25, -0.2) is 0 Å². The molecule has 0 unspecified atom stereocenters. The van der Waals surface area contributed by atoms with Crippen LogP contribution in [0.25, 0.3) is 22.0 Å². The summed E-state index contributed by atoms with van der Waals surface area (Å²) in [5, 5.41) is 11.6. The van der Waals surface area contributed by atoms with Crippen molar-refractivity contribution in [1.29, 1.82) is 0 Å². The van der Waals surface area contributed by atoms with Gasteiger partial charge in [0.1, 0.15) is 5.69 Å². The maximum atomic E-state index is 11.9. The minimum atomic E-state index is -0.535. The minimum absolute atomic E-state index is 0.00427. The molecule has 1 amide bonds. The van der Waals surface area contributed by atoms with Gasteiger partial charge in [-0.2, -0.15) is 0 Å². The number of nitrogens with two attached hydrogens (primary N) is 1. The van der Waals surface area contributed by atoms with E-state index in [1.54, 1.807) is 23.7 Å². The largest absolute Gasteiger partial charge is 0.364 e. The smallest absolute Gasteiger partial charge is 0.269 e. The molecule has 1 aromatic heterocycles. The highest BCUT2D eigenvalue weighted by Gasteiger charge is 2.20. The molecule has 0 fully saturated rings. The first kappa shape index (κ1) is 13.8. The van der Waals surface area contributed by atoms with Crippen LogP contribution < -0.4 is 5.73 Å². The van der Waals surface area contributed by atoms with E-state index in [1.807, 2.05) is 24.3 Å². The summed E-state index contributed by atoms with van der Waals surface area (Å²) in [6, 6.07) is 13.7. The highest BCUT2D eigenvalue weighted by Crippen LogP contribution is 2.34. The lowest BCUT2D eigenvalue weighted by Crippen LogP contribution is -2.16. The third-order valence-electron chi connectivity index (χ3n) is 3.71. The molecule has 0 saturated carbocycles. The van der Waals surface area contributed by atoms with Gasteiger partial charge in [0.2, 0.25) is 0 Å². The Balaban J connectivity index is 2.31. The van der Waals surface area contributed by atoms with Crippen molar-refractivity contribution in [3.05, 3.63) is 64.3 Å². The average Bonchev–Trinajstić information content (AvgIpc) is 2.81. The van der Waals surface area contributed by atoms with Crippen LogP contribution in [0.2, 0.25) is 0 Å². The number of fused-ring (bicyclic) bond motifs is 1. The van der Waals surface area contributed by atoms with E-state index in [4.69, 9.17) is 5.73 Å². The van der Waals surface area contributed by atoms with Crippen molar-refractivity contribution in [2.45, 2.75) is 0 Å². The normalized spacial score (nSPS) is 10.8. The number of para-hydroxylation sites is 1. The summed E-state index contributed by atoms with van der Waals surface area (Å²) in [5.74, 6) is -0.535. The van der Waals surface area contributed by atoms with Gasteiger partial charge in [0.15, 0.2) is 0 Å². The van der Waals surface area contributed by atoms with Gasteiger partial charge in [-0.15, -0.1) is 0 Å². The fraction of sp³-hybridized carbons (Fsp3) is 0.0625. The Morgan fingerprint density at radius 3 is 2.36 bits per heavy atom. The Morgan fingerprint density at radius 2 is 1.77 bits per heavy atom. The Kier molecular flexibility index (Phi) is 3.14. The molecule has 0 spiro atoms. The molecule has 0 aliphatic carbocycles. The molecule has 2 N–H and O–H groups in total. The number of nitro groups is 1. The summed E-state index contributed by atoms with van der Waals surface area (Å²) in [6.07, 6.45) is 0. The maximum Gasteiger partial charge on any atom is 0.269 e. The molecule has 3 rings (SSSR count). The standard InChI is InChI=1S/C16H13N3O3/c1-18-13-5-3-2-4-12(13)14(15(18)16(17)20)10-6-8-11(9-7-10)19(21)22/h2-9H,1H3,(H2,17,20). The molecule has 22 heavy (non-hydrogen) atoms. The van der Waals surface area contributed by atoms with E-state index in [9.17, 15) is 14.9 Å². The van der Waals surface area contributed by atoms with Crippen LogP contribution in [0.1, 0.15) is 10.5 Å². The minimum Gasteiger partial charge on any atom is -0.364 e. The third kappa shape index (κ3) is 2.01. The number of amides is 1. The van der Waals surface area contributed by atoms with Gasteiger partial charge in [-0.05, 0) is 23.8 Å². The number of aryl methyl sites for hydroxylation is 1. The van der Waals surface area contributed by atoms with Gasteiger partial charge in [-0.1, -0.05) is 18.2 Å². The van der Waals surface area contributed by atoms with Gasteiger partial charge in [0, 0.05) is 35.6 Å². The molecule has 0 saturated heterocycles. The van der Waals surface area contributed by atoms with Crippen molar-refractivity contribution in [3.63, 3.8) is 0 Å². The summed E-state index contributed by atoms with van der Waals surface area (Å²) < 4.78 is 1.74. The van der Waals surface area contributed by atoms with Crippen LogP contribution in [-0.2, 0) is 7.05 Å². The Morgan fingerprint density at radius 1 is 1.14 bits per heavy atom. The zero-order valence-corrected chi connectivity index (χ0v) is 11.8. The third-order valence-corrected chi connectivity index (χ3v) is 3.71. The van der Waals surface area contributed by atoms with E-state index in [2.05, 4.69) is 0 Å². The van der Waals surface area contributed by atoms with Crippen LogP contribution in [0, 0.1) is 10.1 Å². The summed E-state index contributed by atoms with van der Waals surface area (Å²) >= 11 is 0. The van der Waals surface area contributed by atoms with Crippen LogP contribution >= 0.6 is 0 Å². The number of hydrogen-bond acceptors (Lipinski definition) is 3. The molecule has 6 nitrogen and oxygen atoms in total. The van der Waals surface area contributed by atoms with Crippen LogP contribution in [0.5, 0.6) is 0 Å². The molecule has 1 heterocycles. The molecule has 6 heteroatoms. The molecule has 110 valence electrons. The summed E-state index contributed by atoms with van der Waals surface area (Å²) in [7, 11) is 1.78. The molecule has 0 aliphatic rings. The second kappa shape index (κ2) is 5.00. The fourth-order valence-corrected chi connectivity index (χ4v) is 2.72. The summed E-state index contributed by atoms with van der Waals surface area (Å²) in [6.45, 7) is 0.